The maximum absolute atomic E-state index is 5.84. The van der Waals surface area contributed by atoms with Crippen LogP contribution in [0, 0.1) is 0 Å². The summed E-state index contributed by atoms with van der Waals surface area (Å²) in [5, 5.41) is 0. The van der Waals surface area contributed by atoms with Crippen LogP contribution in [0.25, 0.3) is 0 Å². The standard InChI is InChI=1S/C14H19N3O/c1-17(8-4-12-2-6-16-7-3-12)14(10-15)13-5-9-18-11-13/h2-3,5-7,9,11,14H,4,8,10,15H2,1H3. The quantitative estimate of drug-likeness (QED) is 0.844. The number of hydrogen-bond donors (Lipinski definition) is 1. The Hall–Kier alpha value is -1.65. The summed E-state index contributed by atoms with van der Waals surface area (Å²) < 4.78 is 5.12. The second-order valence-corrected chi connectivity index (χ2v) is 4.39. The minimum Gasteiger partial charge on any atom is -0.472 e. The zero-order valence-electron chi connectivity index (χ0n) is 10.6. The number of pyridine rings is 1. The van der Waals surface area contributed by atoms with Crippen LogP contribution in [0.1, 0.15) is 17.2 Å². The molecule has 1 atom stereocenters. The van der Waals surface area contributed by atoms with Gasteiger partial charge in [0.05, 0.1) is 12.5 Å². The van der Waals surface area contributed by atoms with Crippen LogP contribution >= 0.6 is 0 Å². The van der Waals surface area contributed by atoms with E-state index >= 15 is 0 Å². The lowest BCUT2D eigenvalue weighted by molar-refractivity contribution is 0.252. The topological polar surface area (TPSA) is 55.3 Å². The Morgan fingerprint density at radius 1 is 1.33 bits per heavy atom. The van der Waals surface area contributed by atoms with Crippen LogP contribution in [0.15, 0.2) is 47.5 Å². The fourth-order valence-corrected chi connectivity index (χ4v) is 2.05. The highest BCUT2D eigenvalue weighted by Gasteiger charge is 2.16. The number of hydrogen-bond acceptors (Lipinski definition) is 4. The first-order chi connectivity index (χ1) is 8.81. The van der Waals surface area contributed by atoms with Gasteiger partial charge in [-0.2, -0.15) is 0 Å². The fourth-order valence-electron chi connectivity index (χ4n) is 2.05. The number of nitrogens with two attached hydrogens (primary N) is 1. The summed E-state index contributed by atoms with van der Waals surface area (Å²) in [5.74, 6) is 0. The summed E-state index contributed by atoms with van der Waals surface area (Å²) in [5.41, 5.74) is 8.27. The Bertz CT molecular complexity index is 441. The Morgan fingerprint density at radius 3 is 2.72 bits per heavy atom. The third-order valence-corrected chi connectivity index (χ3v) is 3.19. The second kappa shape index (κ2) is 6.33. The van der Waals surface area contributed by atoms with Gasteiger partial charge in [0, 0.05) is 37.1 Å². The molecule has 0 aliphatic carbocycles. The smallest absolute Gasteiger partial charge is 0.0950 e. The van der Waals surface area contributed by atoms with Crippen molar-refractivity contribution < 1.29 is 4.42 Å². The predicted octanol–water partition coefficient (Wildman–Crippen LogP) is 1.85. The predicted molar refractivity (Wildman–Crippen MR) is 71.1 cm³/mol. The molecule has 2 heterocycles. The van der Waals surface area contributed by atoms with Crippen LogP contribution in [0.5, 0.6) is 0 Å². The first-order valence-electron chi connectivity index (χ1n) is 6.12. The first kappa shape index (κ1) is 12.8. The third kappa shape index (κ3) is 3.18. The molecule has 0 saturated heterocycles. The van der Waals surface area contributed by atoms with Crippen LogP contribution in [-0.2, 0) is 6.42 Å². The molecule has 2 N–H and O–H groups in total. The Balaban J connectivity index is 1.92. The first-order valence-corrected chi connectivity index (χ1v) is 6.12. The minimum atomic E-state index is 0.214. The van der Waals surface area contributed by atoms with Gasteiger partial charge in [-0.3, -0.25) is 9.88 Å². The van der Waals surface area contributed by atoms with Crippen LogP contribution in [-0.4, -0.2) is 30.0 Å². The van der Waals surface area contributed by atoms with Crippen molar-refractivity contribution in [3.8, 4) is 0 Å². The number of aromatic nitrogens is 1. The molecule has 0 aliphatic heterocycles. The van der Waals surface area contributed by atoms with E-state index in [1.807, 2.05) is 30.6 Å². The molecule has 0 spiro atoms. The molecule has 2 aromatic rings. The molecular formula is C14H19N3O. The molecule has 4 heteroatoms. The summed E-state index contributed by atoms with van der Waals surface area (Å²) in [7, 11) is 2.09. The van der Waals surface area contributed by atoms with Crippen LogP contribution in [0.4, 0.5) is 0 Å². The van der Waals surface area contributed by atoms with Crippen molar-refractivity contribution in [2.45, 2.75) is 12.5 Å². The lowest BCUT2D eigenvalue weighted by Gasteiger charge is -2.26. The summed E-state index contributed by atoms with van der Waals surface area (Å²) >= 11 is 0. The molecule has 0 saturated carbocycles. The summed E-state index contributed by atoms with van der Waals surface area (Å²) in [6.07, 6.45) is 8.10. The Kier molecular flexibility index (Phi) is 4.50. The highest BCUT2D eigenvalue weighted by molar-refractivity contribution is 5.13. The highest BCUT2D eigenvalue weighted by Crippen LogP contribution is 2.18. The fraction of sp³-hybridized carbons (Fsp3) is 0.357. The molecule has 0 fully saturated rings. The summed E-state index contributed by atoms with van der Waals surface area (Å²) in [6.45, 7) is 1.55. The van der Waals surface area contributed by atoms with Crippen molar-refractivity contribution in [2.24, 2.45) is 5.73 Å². The average Bonchev–Trinajstić information content (AvgIpc) is 2.92. The van der Waals surface area contributed by atoms with Crippen molar-refractivity contribution >= 4 is 0 Å². The van der Waals surface area contributed by atoms with Crippen LogP contribution < -0.4 is 5.73 Å². The van der Waals surface area contributed by atoms with Gasteiger partial charge in [0.1, 0.15) is 0 Å². The Labute approximate surface area is 107 Å². The molecule has 0 aliphatic rings. The number of nitrogens with zero attached hydrogens (tertiary/aromatic N) is 2. The molecule has 4 nitrogen and oxygen atoms in total. The molecule has 18 heavy (non-hydrogen) atoms. The molecule has 2 rings (SSSR count). The normalized spacial score (nSPS) is 12.8. The van der Waals surface area contributed by atoms with E-state index in [4.69, 9.17) is 10.2 Å². The molecule has 2 aromatic heterocycles. The van der Waals surface area contributed by atoms with Crippen molar-refractivity contribution in [3.05, 3.63) is 54.2 Å². The summed E-state index contributed by atoms with van der Waals surface area (Å²) in [6, 6.07) is 6.28. The van der Waals surface area contributed by atoms with E-state index in [0.29, 0.717) is 6.54 Å². The van der Waals surface area contributed by atoms with Crippen molar-refractivity contribution in [1.82, 2.24) is 9.88 Å². The van der Waals surface area contributed by atoms with Gasteiger partial charge in [-0.25, -0.2) is 0 Å². The summed E-state index contributed by atoms with van der Waals surface area (Å²) in [4.78, 5) is 6.27. The molecule has 1 unspecified atom stereocenters. The lowest BCUT2D eigenvalue weighted by atomic mass is 10.1. The molecule has 0 aromatic carbocycles. The van der Waals surface area contributed by atoms with Gasteiger partial charge >= 0.3 is 0 Å². The SMILES string of the molecule is CN(CCc1ccncc1)C(CN)c1ccoc1. The van der Waals surface area contributed by atoms with Crippen LogP contribution in [0.2, 0.25) is 0 Å². The average molecular weight is 245 g/mol. The molecular weight excluding hydrogens is 226 g/mol. The zero-order valence-corrected chi connectivity index (χ0v) is 10.6. The largest absolute Gasteiger partial charge is 0.472 e. The van der Waals surface area contributed by atoms with Gasteiger partial charge < -0.3 is 10.2 Å². The third-order valence-electron chi connectivity index (χ3n) is 3.19. The van der Waals surface area contributed by atoms with Crippen molar-refractivity contribution in [1.29, 1.82) is 0 Å². The van der Waals surface area contributed by atoms with Gasteiger partial charge in [0.2, 0.25) is 0 Å². The van der Waals surface area contributed by atoms with Gasteiger partial charge in [0.15, 0.2) is 0 Å². The van der Waals surface area contributed by atoms with Crippen molar-refractivity contribution in [3.63, 3.8) is 0 Å². The van der Waals surface area contributed by atoms with E-state index in [1.54, 1.807) is 12.5 Å². The molecule has 0 bridgehead atoms. The number of likely N-dealkylation sites (N-methyl/N-ethyl adjacent to an activating group) is 1. The zero-order chi connectivity index (χ0) is 12.8. The monoisotopic (exact) mass is 245 g/mol. The van der Waals surface area contributed by atoms with E-state index in [9.17, 15) is 0 Å². The van der Waals surface area contributed by atoms with Crippen molar-refractivity contribution in [2.75, 3.05) is 20.1 Å². The van der Waals surface area contributed by atoms with Crippen LogP contribution in [0.3, 0.4) is 0 Å². The van der Waals surface area contributed by atoms with Gasteiger partial charge in [-0.15, -0.1) is 0 Å². The lowest BCUT2D eigenvalue weighted by Crippen LogP contribution is -2.31. The maximum Gasteiger partial charge on any atom is 0.0950 e. The molecule has 96 valence electrons. The van der Waals surface area contributed by atoms with E-state index in [1.165, 1.54) is 5.56 Å². The molecule has 0 radical (unpaired) electrons. The van der Waals surface area contributed by atoms with E-state index < -0.39 is 0 Å². The van der Waals surface area contributed by atoms with E-state index in [2.05, 4.69) is 16.9 Å². The van der Waals surface area contributed by atoms with Gasteiger partial charge in [-0.05, 0) is 37.2 Å². The highest BCUT2D eigenvalue weighted by atomic mass is 16.3. The molecule has 0 amide bonds. The minimum absolute atomic E-state index is 0.214. The van der Waals surface area contributed by atoms with Gasteiger partial charge in [0.25, 0.3) is 0 Å². The van der Waals surface area contributed by atoms with E-state index in [-0.39, 0.29) is 6.04 Å². The number of rotatable bonds is 6. The second-order valence-electron chi connectivity index (χ2n) is 4.39. The van der Waals surface area contributed by atoms with Gasteiger partial charge in [-0.1, -0.05) is 0 Å². The maximum atomic E-state index is 5.84. The Morgan fingerprint density at radius 2 is 2.11 bits per heavy atom. The number of furan rings is 1. The van der Waals surface area contributed by atoms with E-state index in [0.717, 1.165) is 18.5 Å².